The van der Waals surface area contributed by atoms with Crippen molar-refractivity contribution in [3.8, 4) is 0 Å². The summed E-state index contributed by atoms with van der Waals surface area (Å²) in [5.41, 5.74) is 1.95. The Hall–Kier alpha value is -1.62. The summed E-state index contributed by atoms with van der Waals surface area (Å²) in [4.78, 5) is 0. The number of rotatable bonds is 4. The SMILES string of the molecule is Cn1nccc1CCC(O)c1cn[nH]c1. The van der Waals surface area contributed by atoms with Crippen molar-refractivity contribution in [2.75, 3.05) is 0 Å². The van der Waals surface area contributed by atoms with Crippen LogP contribution in [0, 0.1) is 0 Å². The highest BCUT2D eigenvalue weighted by Gasteiger charge is 2.09. The zero-order valence-electron chi connectivity index (χ0n) is 8.59. The van der Waals surface area contributed by atoms with Gasteiger partial charge in [0, 0.05) is 30.7 Å². The van der Waals surface area contributed by atoms with E-state index >= 15 is 0 Å². The van der Waals surface area contributed by atoms with E-state index in [9.17, 15) is 5.11 Å². The highest BCUT2D eigenvalue weighted by molar-refractivity contribution is 5.08. The van der Waals surface area contributed by atoms with E-state index in [4.69, 9.17) is 0 Å². The maximum absolute atomic E-state index is 9.81. The first kappa shape index (κ1) is 9.92. The van der Waals surface area contributed by atoms with E-state index in [1.165, 1.54) is 0 Å². The van der Waals surface area contributed by atoms with E-state index in [2.05, 4.69) is 15.3 Å². The molecule has 2 aromatic rings. The number of nitrogens with zero attached hydrogens (tertiary/aromatic N) is 3. The molecule has 0 aromatic carbocycles. The molecule has 0 saturated carbocycles. The lowest BCUT2D eigenvalue weighted by atomic mass is 10.1. The summed E-state index contributed by atoms with van der Waals surface area (Å²) in [6, 6.07) is 1.96. The van der Waals surface area contributed by atoms with Gasteiger partial charge in [0.2, 0.25) is 0 Å². The molecule has 0 bridgehead atoms. The Morgan fingerprint density at radius 1 is 1.60 bits per heavy atom. The molecule has 5 nitrogen and oxygen atoms in total. The van der Waals surface area contributed by atoms with Gasteiger partial charge >= 0.3 is 0 Å². The second kappa shape index (κ2) is 4.27. The highest BCUT2D eigenvalue weighted by atomic mass is 16.3. The fourth-order valence-electron chi connectivity index (χ4n) is 1.54. The summed E-state index contributed by atoms with van der Waals surface area (Å²) in [6.45, 7) is 0. The molecule has 0 aliphatic carbocycles. The van der Waals surface area contributed by atoms with Gasteiger partial charge in [-0.25, -0.2) is 0 Å². The van der Waals surface area contributed by atoms with E-state index in [1.54, 1.807) is 18.6 Å². The Balaban J connectivity index is 1.91. The number of hydrogen-bond donors (Lipinski definition) is 2. The smallest absolute Gasteiger partial charge is 0.0824 e. The van der Waals surface area contributed by atoms with Crippen LogP contribution >= 0.6 is 0 Å². The van der Waals surface area contributed by atoms with Crippen LogP contribution in [0.15, 0.2) is 24.7 Å². The van der Waals surface area contributed by atoms with Crippen LogP contribution in [0.25, 0.3) is 0 Å². The van der Waals surface area contributed by atoms with Crippen molar-refractivity contribution in [3.05, 3.63) is 35.9 Å². The third-order valence-corrected chi connectivity index (χ3v) is 2.50. The van der Waals surface area contributed by atoms with Gasteiger partial charge in [-0.1, -0.05) is 0 Å². The highest BCUT2D eigenvalue weighted by Crippen LogP contribution is 2.16. The minimum Gasteiger partial charge on any atom is -0.388 e. The summed E-state index contributed by atoms with van der Waals surface area (Å²) in [7, 11) is 1.90. The van der Waals surface area contributed by atoms with E-state index in [0.29, 0.717) is 6.42 Å². The number of aliphatic hydroxyl groups is 1. The largest absolute Gasteiger partial charge is 0.388 e. The Bertz CT molecular complexity index is 407. The molecule has 2 heterocycles. The molecular formula is C10H14N4O. The fourth-order valence-corrected chi connectivity index (χ4v) is 1.54. The van der Waals surface area contributed by atoms with Gasteiger partial charge in [0.1, 0.15) is 0 Å². The molecule has 80 valence electrons. The third kappa shape index (κ3) is 2.24. The van der Waals surface area contributed by atoms with Gasteiger partial charge in [0.25, 0.3) is 0 Å². The predicted molar refractivity (Wildman–Crippen MR) is 55.1 cm³/mol. The molecule has 1 atom stereocenters. The standard InChI is InChI=1S/C10H14N4O/c1-14-9(4-5-13-14)2-3-10(15)8-6-11-12-7-8/h4-7,10,15H,2-3H2,1H3,(H,11,12). The van der Waals surface area contributed by atoms with Gasteiger partial charge in [-0.05, 0) is 18.9 Å². The van der Waals surface area contributed by atoms with Crippen LogP contribution in [0.1, 0.15) is 23.8 Å². The molecular weight excluding hydrogens is 192 g/mol. The number of nitrogens with one attached hydrogen (secondary N) is 1. The molecule has 0 fully saturated rings. The average molecular weight is 206 g/mol. The molecule has 0 aliphatic rings. The van der Waals surface area contributed by atoms with Crippen molar-refractivity contribution in [1.82, 2.24) is 20.0 Å². The van der Waals surface area contributed by atoms with Crippen LogP contribution in [0.5, 0.6) is 0 Å². The van der Waals surface area contributed by atoms with Crippen molar-refractivity contribution in [3.63, 3.8) is 0 Å². The first-order valence-electron chi connectivity index (χ1n) is 4.91. The van der Waals surface area contributed by atoms with E-state index in [0.717, 1.165) is 17.7 Å². The van der Waals surface area contributed by atoms with Gasteiger partial charge in [0.05, 0.1) is 12.3 Å². The van der Waals surface area contributed by atoms with Gasteiger partial charge in [0.15, 0.2) is 0 Å². The van der Waals surface area contributed by atoms with Gasteiger partial charge in [-0.3, -0.25) is 9.78 Å². The fraction of sp³-hybridized carbons (Fsp3) is 0.400. The number of aliphatic hydroxyl groups excluding tert-OH is 1. The monoisotopic (exact) mass is 206 g/mol. The zero-order valence-corrected chi connectivity index (χ0v) is 8.59. The number of aryl methyl sites for hydroxylation is 2. The number of aromatic nitrogens is 4. The molecule has 0 amide bonds. The minimum absolute atomic E-state index is 0.460. The Morgan fingerprint density at radius 2 is 2.47 bits per heavy atom. The summed E-state index contributed by atoms with van der Waals surface area (Å²) in [6.07, 6.45) is 6.15. The normalized spacial score (nSPS) is 12.9. The minimum atomic E-state index is -0.460. The molecule has 2 aromatic heterocycles. The van der Waals surface area contributed by atoms with E-state index in [-0.39, 0.29) is 0 Å². The Labute approximate surface area is 87.7 Å². The van der Waals surface area contributed by atoms with E-state index in [1.807, 2.05) is 17.8 Å². The molecule has 5 heteroatoms. The second-order valence-electron chi connectivity index (χ2n) is 3.53. The molecule has 0 saturated heterocycles. The lowest BCUT2D eigenvalue weighted by molar-refractivity contribution is 0.167. The zero-order chi connectivity index (χ0) is 10.7. The summed E-state index contributed by atoms with van der Waals surface area (Å²) in [5, 5.41) is 20.4. The van der Waals surface area contributed by atoms with Crippen molar-refractivity contribution in [1.29, 1.82) is 0 Å². The van der Waals surface area contributed by atoms with E-state index < -0.39 is 6.10 Å². The van der Waals surface area contributed by atoms with Crippen LogP contribution < -0.4 is 0 Å². The summed E-state index contributed by atoms with van der Waals surface area (Å²) >= 11 is 0. The van der Waals surface area contributed by atoms with Gasteiger partial charge < -0.3 is 5.11 Å². The van der Waals surface area contributed by atoms with Crippen LogP contribution in [0.3, 0.4) is 0 Å². The van der Waals surface area contributed by atoms with Crippen LogP contribution in [-0.4, -0.2) is 25.1 Å². The van der Waals surface area contributed by atoms with Crippen LogP contribution in [-0.2, 0) is 13.5 Å². The molecule has 2 rings (SSSR count). The Morgan fingerprint density at radius 3 is 3.07 bits per heavy atom. The van der Waals surface area contributed by atoms with Crippen molar-refractivity contribution in [2.24, 2.45) is 7.05 Å². The molecule has 0 spiro atoms. The second-order valence-corrected chi connectivity index (χ2v) is 3.53. The quantitative estimate of drug-likeness (QED) is 0.778. The number of hydrogen-bond acceptors (Lipinski definition) is 3. The molecule has 0 aliphatic heterocycles. The van der Waals surface area contributed by atoms with Crippen LogP contribution in [0.2, 0.25) is 0 Å². The van der Waals surface area contributed by atoms with Gasteiger partial charge in [-0.2, -0.15) is 10.2 Å². The average Bonchev–Trinajstić information content (AvgIpc) is 2.85. The first-order valence-corrected chi connectivity index (χ1v) is 4.91. The predicted octanol–water partition coefficient (Wildman–Crippen LogP) is 0.809. The molecule has 1 unspecified atom stereocenters. The maximum Gasteiger partial charge on any atom is 0.0824 e. The summed E-state index contributed by atoms with van der Waals surface area (Å²) < 4.78 is 1.82. The maximum atomic E-state index is 9.81. The lowest BCUT2D eigenvalue weighted by Gasteiger charge is -2.07. The topological polar surface area (TPSA) is 66.7 Å². The lowest BCUT2D eigenvalue weighted by Crippen LogP contribution is -2.02. The van der Waals surface area contributed by atoms with Crippen molar-refractivity contribution in [2.45, 2.75) is 18.9 Å². The van der Waals surface area contributed by atoms with Crippen LogP contribution in [0.4, 0.5) is 0 Å². The van der Waals surface area contributed by atoms with Gasteiger partial charge in [-0.15, -0.1) is 0 Å². The number of aromatic amines is 1. The molecule has 0 radical (unpaired) electrons. The van der Waals surface area contributed by atoms with Crippen molar-refractivity contribution >= 4 is 0 Å². The molecule has 15 heavy (non-hydrogen) atoms. The first-order chi connectivity index (χ1) is 7.27. The number of H-pyrrole nitrogens is 1. The van der Waals surface area contributed by atoms with Crippen molar-refractivity contribution < 1.29 is 5.11 Å². The third-order valence-electron chi connectivity index (χ3n) is 2.50. The summed E-state index contributed by atoms with van der Waals surface area (Å²) in [5.74, 6) is 0. The Kier molecular flexibility index (Phi) is 2.82. The molecule has 2 N–H and O–H groups in total.